The lowest BCUT2D eigenvalue weighted by Gasteiger charge is -2.10. The topological polar surface area (TPSA) is 140 Å². The van der Waals surface area contributed by atoms with Crippen LogP contribution < -0.4 is 16.0 Å². The number of carbonyl (C=O) groups is 3. The maximum atomic E-state index is 12.1. The lowest BCUT2D eigenvalue weighted by atomic mass is 10.1. The van der Waals surface area contributed by atoms with Gasteiger partial charge >= 0.3 is 12.0 Å². The summed E-state index contributed by atoms with van der Waals surface area (Å²) >= 11 is 3.14. The summed E-state index contributed by atoms with van der Waals surface area (Å²) in [5.74, 6) is -1.28. The Balaban J connectivity index is 1.83. The van der Waals surface area contributed by atoms with Gasteiger partial charge in [0.15, 0.2) is 6.61 Å². The molecule has 0 saturated heterocycles. The zero-order valence-electron chi connectivity index (χ0n) is 16.8. The molecule has 0 bridgehead atoms. The summed E-state index contributed by atoms with van der Waals surface area (Å²) in [6.07, 6.45) is 0. The molecule has 0 aliphatic heterocycles. The van der Waals surface area contributed by atoms with Crippen LogP contribution in [0.5, 0.6) is 0 Å². The van der Waals surface area contributed by atoms with Crippen LogP contribution in [-0.4, -0.2) is 35.5 Å². The number of carbonyl (C=O) groups excluding carboxylic acids is 3. The number of rotatable bonds is 8. The summed E-state index contributed by atoms with van der Waals surface area (Å²) in [5.41, 5.74) is 1.22. The first-order valence-electron chi connectivity index (χ1n) is 9.20. The second-order valence-electron chi connectivity index (χ2n) is 6.72. The highest BCUT2D eigenvalue weighted by atomic mass is 79.9. The van der Waals surface area contributed by atoms with Gasteiger partial charge in [0.1, 0.15) is 0 Å². The van der Waals surface area contributed by atoms with Crippen molar-refractivity contribution in [2.75, 3.05) is 11.9 Å². The summed E-state index contributed by atoms with van der Waals surface area (Å²) in [5, 5.41) is 18.6. The Morgan fingerprint density at radius 1 is 1.13 bits per heavy atom. The maximum Gasteiger partial charge on any atom is 0.338 e. The monoisotopic (exact) mass is 492 g/mol. The van der Waals surface area contributed by atoms with Gasteiger partial charge in [-0.25, -0.2) is 9.59 Å². The van der Waals surface area contributed by atoms with E-state index in [1.54, 1.807) is 12.1 Å². The van der Waals surface area contributed by atoms with Crippen LogP contribution in [0.15, 0.2) is 46.9 Å². The molecule has 164 valence electrons. The molecule has 2 aromatic rings. The number of amides is 3. The molecule has 11 heteroatoms. The molecule has 0 aliphatic carbocycles. The predicted octanol–water partition coefficient (Wildman–Crippen LogP) is 3.36. The van der Waals surface area contributed by atoms with E-state index in [1.807, 2.05) is 13.8 Å². The third-order valence-electron chi connectivity index (χ3n) is 3.83. The number of non-ortho nitro benzene ring substituents is 1. The number of hydrogen-bond donors (Lipinski definition) is 3. The van der Waals surface area contributed by atoms with Crippen LogP contribution in [-0.2, 0) is 16.1 Å². The zero-order chi connectivity index (χ0) is 23.0. The van der Waals surface area contributed by atoms with E-state index in [4.69, 9.17) is 4.74 Å². The molecular formula is C20H21BrN4O6. The number of benzene rings is 2. The maximum absolute atomic E-state index is 12.1. The molecule has 0 radical (unpaired) electrons. The average molecular weight is 493 g/mol. The number of nitrogens with one attached hydrogen (secondary N) is 3. The van der Waals surface area contributed by atoms with Gasteiger partial charge in [0, 0.05) is 29.2 Å². The lowest BCUT2D eigenvalue weighted by molar-refractivity contribution is -0.384. The van der Waals surface area contributed by atoms with Gasteiger partial charge < -0.3 is 20.7 Å². The van der Waals surface area contributed by atoms with Gasteiger partial charge in [0.25, 0.3) is 11.6 Å². The smallest absolute Gasteiger partial charge is 0.338 e. The van der Waals surface area contributed by atoms with E-state index in [-0.39, 0.29) is 23.3 Å². The molecule has 0 aromatic heterocycles. The van der Waals surface area contributed by atoms with E-state index in [0.29, 0.717) is 16.7 Å². The van der Waals surface area contributed by atoms with Crippen molar-refractivity contribution in [1.29, 1.82) is 0 Å². The van der Waals surface area contributed by atoms with Crippen molar-refractivity contribution in [1.82, 2.24) is 10.6 Å². The molecule has 0 spiro atoms. The number of urea groups is 1. The van der Waals surface area contributed by atoms with Crippen LogP contribution in [0.4, 0.5) is 16.2 Å². The van der Waals surface area contributed by atoms with E-state index in [9.17, 15) is 24.5 Å². The molecule has 10 nitrogen and oxygen atoms in total. The molecule has 31 heavy (non-hydrogen) atoms. The fourth-order valence-electron chi connectivity index (χ4n) is 2.37. The molecule has 0 aliphatic rings. The van der Waals surface area contributed by atoms with Crippen molar-refractivity contribution in [2.45, 2.75) is 26.4 Å². The first kappa shape index (κ1) is 23.8. The van der Waals surface area contributed by atoms with Crippen LogP contribution in [0, 0.1) is 10.1 Å². The zero-order valence-corrected chi connectivity index (χ0v) is 18.4. The molecule has 2 rings (SSSR count). The Kier molecular flexibility index (Phi) is 8.50. The molecule has 0 unspecified atom stereocenters. The van der Waals surface area contributed by atoms with Crippen molar-refractivity contribution in [3.05, 3.63) is 68.2 Å². The standard InChI is InChI=1S/C20H21BrN4O6/c1-12(2)23-20(28)22-10-13-3-5-14(6-4-13)19(27)31-11-18(26)24-17-8-7-15(25(29)30)9-16(17)21/h3-9,12H,10-11H2,1-2H3,(H,24,26)(H2,22,23,28). The Labute approximate surface area is 186 Å². The van der Waals surface area contributed by atoms with Crippen molar-refractivity contribution < 1.29 is 24.0 Å². The van der Waals surface area contributed by atoms with Gasteiger partial charge in [-0.05, 0) is 53.5 Å². The van der Waals surface area contributed by atoms with Crippen LogP contribution in [0.3, 0.4) is 0 Å². The molecular weight excluding hydrogens is 472 g/mol. The van der Waals surface area contributed by atoms with E-state index in [0.717, 1.165) is 5.56 Å². The van der Waals surface area contributed by atoms with Gasteiger partial charge in [0.05, 0.1) is 16.2 Å². The summed E-state index contributed by atoms with van der Waals surface area (Å²) in [7, 11) is 0. The largest absolute Gasteiger partial charge is 0.452 e. The first-order valence-corrected chi connectivity index (χ1v) is 9.99. The third kappa shape index (κ3) is 7.70. The number of anilines is 1. The fraction of sp³-hybridized carbons (Fsp3) is 0.250. The second kappa shape index (κ2) is 11.1. The first-order chi connectivity index (χ1) is 14.7. The summed E-state index contributed by atoms with van der Waals surface area (Å²) in [6.45, 7) is 3.47. The predicted molar refractivity (Wildman–Crippen MR) is 117 cm³/mol. The molecule has 3 amide bonds. The number of ether oxygens (including phenoxy) is 1. The Bertz CT molecular complexity index is 978. The highest BCUT2D eigenvalue weighted by molar-refractivity contribution is 9.10. The van der Waals surface area contributed by atoms with E-state index >= 15 is 0 Å². The summed E-state index contributed by atoms with van der Waals surface area (Å²) in [6, 6.07) is 10.0. The van der Waals surface area contributed by atoms with Gasteiger partial charge in [-0.1, -0.05) is 12.1 Å². The summed E-state index contributed by atoms with van der Waals surface area (Å²) in [4.78, 5) is 45.9. The van der Waals surface area contributed by atoms with Gasteiger partial charge in [-0.3, -0.25) is 14.9 Å². The van der Waals surface area contributed by atoms with Gasteiger partial charge in [-0.15, -0.1) is 0 Å². The fourth-order valence-corrected chi connectivity index (χ4v) is 2.84. The minimum absolute atomic E-state index is 0.0240. The molecule has 3 N–H and O–H groups in total. The van der Waals surface area contributed by atoms with Gasteiger partial charge in [-0.2, -0.15) is 0 Å². The number of halogens is 1. The lowest BCUT2D eigenvalue weighted by Crippen LogP contribution is -2.39. The Morgan fingerprint density at radius 3 is 2.39 bits per heavy atom. The average Bonchev–Trinajstić information content (AvgIpc) is 2.71. The molecule has 0 atom stereocenters. The van der Waals surface area contributed by atoms with Crippen molar-refractivity contribution in [2.24, 2.45) is 0 Å². The van der Waals surface area contributed by atoms with E-state index in [1.165, 1.54) is 30.3 Å². The minimum atomic E-state index is -0.685. The summed E-state index contributed by atoms with van der Waals surface area (Å²) < 4.78 is 5.32. The van der Waals surface area contributed by atoms with Crippen molar-refractivity contribution in [3.8, 4) is 0 Å². The Hall–Kier alpha value is -3.47. The number of nitro groups is 1. The molecule has 0 saturated carbocycles. The highest BCUT2D eigenvalue weighted by Gasteiger charge is 2.14. The quantitative estimate of drug-likeness (QED) is 0.293. The molecule has 0 heterocycles. The number of nitrogens with zero attached hydrogens (tertiary/aromatic N) is 1. The highest BCUT2D eigenvalue weighted by Crippen LogP contribution is 2.27. The second-order valence-corrected chi connectivity index (χ2v) is 7.58. The van der Waals surface area contributed by atoms with E-state index < -0.39 is 23.4 Å². The van der Waals surface area contributed by atoms with Crippen LogP contribution >= 0.6 is 15.9 Å². The van der Waals surface area contributed by atoms with Gasteiger partial charge in [0.2, 0.25) is 0 Å². The third-order valence-corrected chi connectivity index (χ3v) is 4.49. The van der Waals surface area contributed by atoms with Crippen LogP contribution in [0.1, 0.15) is 29.8 Å². The van der Waals surface area contributed by atoms with E-state index in [2.05, 4.69) is 31.9 Å². The Morgan fingerprint density at radius 2 is 1.81 bits per heavy atom. The number of esters is 1. The number of hydrogen-bond acceptors (Lipinski definition) is 6. The van der Waals surface area contributed by atoms with Crippen molar-refractivity contribution >= 4 is 45.2 Å². The molecule has 2 aromatic carbocycles. The van der Waals surface area contributed by atoms with Crippen LogP contribution in [0.25, 0.3) is 0 Å². The normalized spacial score (nSPS) is 10.3. The van der Waals surface area contributed by atoms with Crippen molar-refractivity contribution in [3.63, 3.8) is 0 Å². The minimum Gasteiger partial charge on any atom is -0.452 e. The number of nitro benzene ring substituents is 1. The van der Waals surface area contributed by atoms with Crippen LogP contribution in [0.2, 0.25) is 0 Å². The SMILES string of the molecule is CC(C)NC(=O)NCc1ccc(C(=O)OCC(=O)Nc2ccc([N+](=O)[O-])cc2Br)cc1. The molecule has 0 fully saturated rings.